The van der Waals surface area contributed by atoms with Gasteiger partial charge in [-0.15, -0.1) is 10.2 Å². The number of nitrogens with one attached hydrogen (secondary N) is 1. The number of aromatic amines is 1. The van der Waals surface area contributed by atoms with Gasteiger partial charge in [0.25, 0.3) is 0 Å². The molecule has 1 aromatic carbocycles. The molecule has 3 aromatic heterocycles. The summed E-state index contributed by atoms with van der Waals surface area (Å²) in [4.78, 5) is 9.53. The highest BCUT2D eigenvalue weighted by Crippen LogP contribution is 2.31. The van der Waals surface area contributed by atoms with Crippen molar-refractivity contribution >= 4 is 0 Å². The van der Waals surface area contributed by atoms with Gasteiger partial charge in [-0.05, 0) is 41.7 Å². The van der Waals surface area contributed by atoms with E-state index in [9.17, 15) is 0 Å². The topological polar surface area (TPSA) is 98.1 Å². The third kappa shape index (κ3) is 5.05. The number of tetrazole rings is 1. The minimum absolute atomic E-state index is 0.495. The predicted octanol–water partition coefficient (Wildman–Crippen LogP) is 5.35. The number of rotatable bonds is 9. The summed E-state index contributed by atoms with van der Waals surface area (Å²) in [5, 5.41) is 19.4. The Bertz CT molecular complexity index is 1170. The zero-order valence-corrected chi connectivity index (χ0v) is 19.8. The van der Waals surface area contributed by atoms with Crippen LogP contribution in [-0.2, 0) is 13.0 Å². The molecule has 3 heterocycles. The fourth-order valence-corrected chi connectivity index (χ4v) is 4.81. The summed E-state index contributed by atoms with van der Waals surface area (Å²) < 4.78 is 2.17. The van der Waals surface area contributed by atoms with Gasteiger partial charge in [0.2, 0.25) is 5.82 Å². The van der Waals surface area contributed by atoms with E-state index in [1.165, 1.54) is 50.5 Å². The van der Waals surface area contributed by atoms with Crippen molar-refractivity contribution in [2.75, 3.05) is 0 Å². The van der Waals surface area contributed by atoms with Crippen LogP contribution in [0.5, 0.6) is 0 Å². The van der Waals surface area contributed by atoms with Crippen molar-refractivity contribution in [3.63, 3.8) is 0 Å². The molecule has 8 nitrogen and oxygen atoms in total. The monoisotopic (exact) mass is 456 g/mol. The predicted molar refractivity (Wildman–Crippen MR) is 131 cm³/mol. The zero-order valence-electron chi connectivity index (χ0n) is 19.8. The van der Waals surface area contributed by atoms with E-state index < -0.39 is 0 Å². The van der Waals surface area contributed by atoms with E-state index in [0.29, 0.717) is 11.7 Å². The summed E-state index contributed by atoms with van der Waals surface area (Å²) in [6.07, 6.45) is 12.5. The average molecular weight is 457 g/mol. The fraction of sp³-hybridized carbons (Fsp3) is 0.462. The molecule has 5 rings (SSSR count). The van der Waals surface area contributed by atoms with Gasteiger partial charge in [-0.3, -0.25) is 4.98 Å². The van der Waals surface area contributed by atoms with Gasteiger partial charge >= 0.3 is 0 Å². The number of aromatic nitrogens is 8. The maximum atomic E-state index is 5.05. The number of hydrogen-bond acceptors (Lipinski definition) is 6. The molecule has 0 atom stereocenters. The highest BCUT2D eigenvalue weighted by Gasteiger charge is 2.22. The molecule has 0 saturated heterocycles. The van der Waals surface area contributed by atoms with Gasteiger partial charge in [0.1, 0.15) is 11.5 Å². The molecule has 176 valence electrons. The van der Waals surface area contributed by atoms with Crippen molar-refractivity contribution in [3.05, 3.63) is 59.8 Å². The fourth-order valence-electron chi connectivity index (χ4n) is 4.81. The Balaban J connectivity index is 1.37. The summed E-state index contributed by atoms with van der Waals surface area (Å²) in [6.45, 7) is 3.19. The number of H-pyrrole nitrogens is 1. The second-order valence-corrected chi connectivity index (χ2v) is 9.16. The van der Waals surface area contributed by atoms with Crippen LogP contribution in [0.1, 0.15) is 81.4 Å². The maximum Gasteiger partial charge on any atom is 0.223 e. The van der Waals surface area contributed by atoms with Crippen molar-refractivity contribution in [2.24, 2.45) is 0 Å². The van der Waals surface area contributed by atoms with Gasteiger partial charge in [-0.1, -0.05) is 69.4 Å². The van der Waals surface area contributed by atoms with Gasteiger partial charge in [-0.2, -0.15) is 10.3 Å². The molecule has 4 aromatic rings. The van der Waals surface area contributed by atoms with Crippen LogP contribution in [0.2, 0.25) is 0 Å². The smallest absolute Gasteiger partial charge is 0.223 e. The van der Waals surface area contributed by atoms with Crippen LogP contribution in [0.3, 0.4) is 0 Å². The molecule has 1 aliphatic carbocycles. The van der Waals surface area contributed by atoms with Gasteiger partial charge in [0.15, 0.2) is 5.82 Å². The summed E-state index contributed by atoms with van der Waals surface area (Å²) in [5.74, 6) is 3.16. The third-order valence-corrected chi connectivity index (χ3v) is 6.70. The number of pyridine rings is 1. The highest BCUT2D eigenvalue weighted by atomic mass is 15.5. The van der Waals surface area contributed by atoms with E-state index >= 15 is 0 Å². The van der Waals surface area contributed by atoms with Crippen molar-refractivity contribution in [1.82, 2.24) is 40.4 Å². The Labute approximate surface area is 200 Å². The van der Waals surface area contributed by atoms with Crippen molar-refractivity contribution in [2.45, 2.75) is 77.2 Å². The third-order valence-electron chi connectivity index (χ3n) is 6.70. The molecule has 0 unspecified atom stereocenters. The van der Waals surface area contributed by atoms with Gasteiger partial charge in [0.05, 0.1) is 0 Å². The van der Waals surface area contributed by atoms with Crippen LogP contribution >= 0.6 is 0 Å². The van der Waals surface area contributed by atoms with Crippen molar-refractivity contribution < 1.29 is 0 Å². The lowest BCUT2D eigenvalue weighted by Gasteiger charge is -2.18. The van der Waals surface area contributed by atoms with Gasteiger partial charge in [0, 0.05) is 30.6 Å². The number of hydrogen-bond donors (Lipinski definition) is 1. The van der Waals surface area contributed by atoms with Crippen LogP contribution in [0, 0.1) is 0 Å². The number of benzene rings is 1. The molecular formula is C26H32N8. The number of nitrogens with zero attached hydrogens (tertiary/aromatic N) is 7. The Morgan fingerprint density at radius 1 is 1.03 bits per heavy atom. The van der Waals surface area contributed by atoms with E-state index in [-0.39, 0.29) is 0 Å². The minimum atomic E-state index is 0.495. The first kappa shape index (κ1) is 22.4. The zero-order chi connectivity index (χ0) is 23.2. The second-order valence-electron chi connectivity index (χ2n) is 9.16. The SMILES string of the molecule is CCCCCn1nc(C2CCCCC2)nc1Cc1ccc(-c2cccnc2-c2nn[nH]n2)cc1. The van der Waals surface area contributed by atoms with Gasteiger partial charge < -0.3 is 0 Å². The molecule has 0 bridgehead atoms. The molecule has 0 radical (unpaired) electrons. The minimum Gasteiger partial charge on any atom is -0.252 e. The Kier molecular flexibility index (Phi) is 7.02. The summed E-state index contributed by atoms with van der Waals surface area (Å²) in [7, 11) is 0. The Morgan fingerprint density at radius 3 is 2.65 bits per heavy atom. The quantitative estimate of drug-likeness (QED) is 0.341. The first-order valence-electron chi connectivity index (χ1n) is 12.5. The number of unbranched alkanes of at least 4 members (excludes halogenated alkanes) is 2. The molecule has 1 saturated carbocycles. The molecule has 34 heavy (non-hydrogen) atoms. The lowest BCUT2D eigenvalue weighted by atomic mass is 9.89. The lowest BCUT2D eigenvalue weighted by molar-refractivity contribution is 0.424. The number of aryl methyl sites for hydroxylation is 1. The molecule has 0 aliphatic heterocycles. The lowest BCUT2D eigenvalue weighted by Crippen LogP contribution is -2.08. The van der Waals surface area contributed by atoms with Crippen LogP contribution < -0.4 is 0 Å². The second kappa shape index (κ2) is 10.7. The molecule has 1 N–H and O–H groups in total. The van der Waals surface area contributed by atoms with E-state index in [4.69, 9.17) is 10.1 Å². The molecule has 1 aliphatic rings. The van der Waals surface area contributed by atoms with Crippen molar-refractivity contribution in [3.8, 4) is 22.6 Å². The summed E-state index contributed by atoms with van der Waals surface area (Å²) in [6, 6.07) is 12.6. The maximum absolute atomic E-state index is 5.05. The molecule has 0 amide bonds. The Morgan fingerprint density at radius 2 is 1.88 bits per heavy atom. The van der Waals surface area contributed by atoms with E-state index in [1.807, 2.05) is 12.1 Å². The first-order chi connectivity index (χ1) is 16.8. The largest absolute Gasteiger partial charge is 0.252 e. The molecule has 0 spiro atoms. The highest BCUT2D eigenvalue weighted by molar-refractivity contribution is 5.77. The molecule has 1 fully saturated rings. The summed E-state index contributed by atoms with van der Waals surface area (Å²) >= 11 is 0. The first-order valence-corrected chi connectivity index (χ1v) is 12.5. The van der Waals surface area contributed by atoms with Crippen LogP contribution in [-0.4, -0.2) is 40.4 Å². The Hall–Kier alpha value is -3.42. The normalized spacial score (nSPS) is 14.5. The van der Waals surface area contributed by atoms with Crippen LogP contribution in [0.4, 0.5) is 0 Å². The van der Waals surface area contributed by atoms with Crippen LogP contribution in [0.15, 0.2) is 42.6 Å². The standard InChI is InChI=1S/C26H32N8/c1-2-3-7-17-34-23(28-25(31-34)21-9-5-4-6-10-21)18-19-12-14-20(15-13-19)22-11-8-16-27-24(22)26-29-32-33-30-26/h8,11-16,21H,2-7,9-10,17-18H2,1H3,(H,29,30,32,33). The van der Waals surface area contributed by atoms with E-state index in [1.54, 1.807) is 6.20 Å². The molecule has 8 heteroatoms. The van der Waals surface area contributed by atoms with E-state index in [2.05, 4.69) is 61.5 Å². The van der Waals surface area contributed by atoms with Crippen molar-refractivity contribution in [1.29, 1.82) is 0 Å². The summed E-state index contributed by atoms with van der Waals surface area (Å²) in [5.41, 5.74) is 4.01. The van der Waals surface area contributed by atoms with Crippen LogP contribution in [0.25, 0.3) is 22.6 Å². The molecular weight excluding hydrogens is 424 g/mol. The van der Waals surface area contributed by atoms with E-state index in [0.717, 1.165) is 47.9 Å². The average Bonchev–Trinajstić information content (AvgIpc) is 3.56. The van der Waals surface area contributed by atoms with Gasteiger partial charge in [-0.25, -0.2) is 9.67 Å².